The van der Waals surface area contributed by atoms with Gasteiger partial charge < -0.3 is 16.2 Å². The fourth-order valence-electron chi connectivity index (χ4n) is 1.58. The molecule has 0 fully saturated rings. The van der Waals surface area contributed by atoms with E-state index < -0.39 is 29.0 Å². The number of nitrogens with two attached hydrogens (primary N) is 1. The van der Waals surface area contributed by atoms with Crippen LogP contribution in [0.15, 0.2) is 9.59 Å². The lowest BCUT2D eigenvalue weighted by molar-refractivity contribution is -0.139. The van der Waals surface area contributed by atoms with Crippen molar-refractivity contribution in [3.8, 4) is 0 Å². The maximum atomic E-state index is 11.9. The molecule has 4 N–H and O–H groups in total. The summed E-state index contributed by atoms with van der Waals surface area (Å²) in [6, 6.07) is 0. The van der Waals surface area contributed by atoms with Crippen LogP contribution in [0, 0.1) is 5.92 Å². The Kier molecular flexibility index (Phi) is 4.33. The number of hydrogen-bond donors (Lipinski definition) is 3. The van der Waals surface area contributed by atoms with Gasteiger partial charge >= 0.3 is 11.7 Å². The number of nitrogens with one attached hydrogen (secondary N) is 1. The van der Waals surface area contributed by atoms with Gasteiger partial charge in [-0.3, -0.25) is 23.5 Å². The van der Waals surface area contributed by atoms with Crippen molar-refractivity contribution >= 4 is 23.4 Å². The molecule has 0 spiro atoms. The van der Waals surface area contributed by atoms with E-state index in [0.29, 0.717) is 0 Å². The Morgan fingerprint density at radius 2 is 1.85 bits per heavy atom. The third-order valence-electron chi connectivity index (χ3n) is 2.89. The summed E-state index contributed by atoms with van der Waals surface area (Å²) in [5.74, 6) is -2.81. The second kappa shape index (κ2) is 5.59. The molecule has 1 aromatic heterocycles. The van der Waals surface area contributed by atoms with Gasteiger partial charge in [0.1, 0.15) is 11.5 Å². The van der Waals surface area contributed by atoms with Gasteiger partial charge in [0.05, 0.1) is 6.42 Å². The SMILES string of the molecule is CC(CC(=O)O)C(=O)Nc1c(N)n(C)c(=O)n(C)c1=O. The molecule has 0 saturated carbocycles. The number of carboxylic acid groups (broad SMARTS) is 1. The smallest absolute Gasteiger partial charge is 0.332 e. The average Bonchev–Trinajstić information content (AvgIpc) is 2.38. The zero-order valence-corrected chi connectivity index (χ0v) is 11.3. The first-order valence-electron chi connectivity index (χ1n) is 5.75. The molecule has 0 aliphatic rings. The Bertz CT molecular complexity index is 673. The van der Waals surface area contributed by atoms with Gasteiger partial charge in [-0.05, 0) is 0 Å². The molecule has 0 aliphatic carbocycles. The molecular weight excluding hydrogens is 268 g/mol. The summed E-state index contributed by atoms with van der Waals surface area (Å²) in [5, 5.41) is 10.9. The number of carboxylic acids is 1. The predicted octanol–water partition coefficient (Wildman–Crippen LogP) is -1.28. The number of anilines is 2. The quantitative estimate of drug-likeness (QED) is 0.629. The van der Waals surface area contributed by atoms with Gasteiger partial charge in [-0.25, -0.2) is 4.79 Å². The molecule has 0 saturated heterocycles. The summed E-state index contributed by atoms with van der Waals surface area (Å²) >= 11 is 0. The zero-order chi connectivity index (χ0) is 15.6. The van der Waals surface area contributed by atoms with Gasteiger partial charge in [0, 0.05) is 20.0 Å². The van der Waals surface area contributed by atoms with Crippen molar-refractivity contribution in [2.45, 2.75) is 13.3 Å². The van der Waals surface area contributed by atoms with E-state index in [9.17, 15) is 19.2 Å². The van der Waals surface area contributed by atoms with E-state index in [4.69, 9.17) is 10.8 Å². The highest BCUT2D eigenvalue weighted by molar-refractivity contribution is 5.95. The number of carbonyl (C=O) groups excluding carboxylic acids is 1. The second-order valence-corrected chi connectivity index (χ2v) is 4.45. The largest absolute Gasteiger partial charge is 0.481 e. The Morgan fingerprint density at radius 1 is 1.30 bits per heavy atom. The summed E-state index contributed by atoms with van der Waals surface area (Å²) in [5.41, 5.74) is 4.01. The van der Waals surface area contributed by atoms with Crippen molar-refractivity contribution in [1.29, 1.82) is 0 Å². The first kappa shape index (κ1) is 15.5. The lowest BCUT2D eigenvalue weighted by Gasteiger charge is -2.14. The topological polar surface area (TPSA) is 136 Å². The monoisotopic (exact) mass is 284 g/mol. The van der Waals surface area contributed by atoms with Gasteiger partial charge in [-0.2, -0.15) is 0 Å². The molecule has 0 radical (unpaired) electrons. The number of amides is 1. The highest BCUT2D eigenvalue weighted by Gasteiger charge is 2.20. The van der Waals surface area contributed by atoms with Crippen molar-refractivity contribution in [1.82, 2.24) is 9.13 Å². The zero-order valence-electron chi connectivity index (χ0n) is 11.3. The second-order valence-electron chi connectivity index (χ2n) is 4.45. The molecule has 9 nitrogen and oxygen atoms in total. The summed E-state index contributed by atoms with van der Waals surface area (Å²) in [7, 11) is 2.61. The number of aromatic nitrogens is 2. The molecule has 0 aliphatic heterocycles. The van der Waals surface area contributed by atoms with E-state index >= 15 is 0 Å². The summed E-state index contributed by atoms with van der Waals surface area (Å²) in [6.45, 7) is 1.41. The lowest BCUT2D eigenvalue weighted by Crippen LogP contribution is -2.40. The number of nitrogen functional groups attached to an aromatic ring is 1. The maximum Gasteiger partial charge on any atom is 0.332 e. The summed E-state index contributed by atoms with van der Waals surface area (Å²) in [4.78, 5) is 45.8. The third kappa shape index (κ3) is 2.87. The minimum absolute atomic E-state index is 0.186. The van der Waals surface area contributed by atoms with E-state index in [1.807, 2.05) is 0 Å². The van der Waals surface area contributed by atoms with E-state index in [0.717, 1.165) is 9.13 Å². The Morgan fingerprint density at radius 3 is 2.35 bits per heavy atom. The number of aliphatic carboxylic acids is 1. The molecule has 1 unspecified atom stereocenters. The molecule has 0 bridgehead atoms. The van der Waals surface area contributed by atoms with Crippen molar-refractivity contribution in [2.75, 3.05) is 11.1 Å². The maximum absolute atomic E-state index is 11.9. The fourth-order valence-corrected chi connectivity index (χ4v) is 1.58. The number of carbonyl (C=O) groups is 2. The molecule has 1 rings (SSSR count). The first-order valence-corrected chi connectivity index (χ1v) is 5.75. The van der Waals surface area contributed by atoms with Crippen LogP contribution in [0.1, 0.15) is 13.3 Å². The molecule has 1 amide bonds. The number of rotatable bonds is 4. The lowest BCUT2D eigenvalue weighted by atomic mass is 10.1. The van der Waals surface area contributed by atoms with Crippen LogP contribution >= 0.6 is 0 Å². The van der Waals surface area contributed by atoms with Gasteiger partial charge in [-0.1, -0.05) is 6.92 Å². The normalized spacial score (nSPS) is 11.9. The molecule has 0 aromatic carbocycles. The van der Waals surface area contributed by atoms with Crippen molar-refractivity contribution < 1.29 is 14.7 Å². The third-order valence-corrected chi connectivity index (χ3v) is 2.89. The van der Waals surface area contributed by atoms with Gasteiger partial charge in [0.25, 0.3) is 5.56 Å². The van der Waals surface area contributed by atoms with Crippen LogP contribution < -0.4 is 22.3 Å². The molecule has 1 aromatic rings. The van der Waals surface area contributed by atoms with Crippen LogP contribution in [0.3, 0.4) is 0 Å². The standard InChI is InChI=1S/C11H16N4O5/c1-5(4-6(16)17)9(18)13-7-8(12)14(2)11(20)15(3)10(7)19/h5H,4,12H2,1-3H3,(H,13,18)(H,16,17). The molecule has 1 heterocycles. The van der Waals surface area contributed by atoms with Crippen LogP contribution in [0.2, 0.25) is 0 Å². The van der Waals surface area contributed by atoms with Crippen molar-refractivity contribution in [3.63, 3.8) is 0 Å². The number of nitrogens with zero attached hydrogens (tertiary/aromatic N) is 2. The predicted molar refractivity (Wildman–Crippen MR) is 71.4 cm³/mol. The van der Waals surface area contributed by atoms with Gasteiger partial charge in [0.2, 0.25) is 5.91 Å². The van der Waals surface area contributed by atoms with Crippen LogP contribution in [-0.4, -0.2) is 26.1 Å². The summed E-state index contributed by atoms with van der Waals surface area (Å²) in [6.07, 6.45) is -0.377. The molecule has 20 heavy (non-hydrogen) atoms. The molecular formula is C11H16N4O5. The van der Waals surface area contributed by atoms with E-state index in [2.05, 4.69) is 5.32 Å². The van der Waals surface area contributed by atoms with Gasteiger partial charge in [-0.15, -0.1) is 0 Å². The Hall–Kier alpha value is -2.58. The van der Waals surface area contributed by atoms with Crippen LogP contribution in [0.4, 0.5) is 11.5 Å². The minimum Gasteiger partial charge on any atom is -0.481 e. The molecule has 1 atom stereocenters. The fraction of sp³-hybridized carbons (Fsp3) is 0.455. The molecule has 110 valence electrons. The Labute approximate surface area is 113 Å². The van der Waals surface area contributed by atoms with Crippen LogP contribution in [0.5, 0.6) is 0 Å². The van der Waals surface area contributed by atoms with Gasteiger partial charge in [0.15, 0.2) is 0 Å². The molecule has 9 heteroatoms. The Balaban J connectivity index is 3.17. The van der Waals surface area contributed by atoms with E-state index in [1.165, 1.54) is 21.0 Å². The minimum atomic E-state index is -1.13. The van der Waals surface area contributed by atoms with Crippen molar-refractivity contribution in [3.05, 3.63) is 20.8 Å². The first-order chi connectivity index (χ1) is 9.16. The highest BCUT2D eigenvalue weighted by atomic mass is 16.4. The van der Waals surface area contributed by atoms with E-state index in [1.54, 1.807) is 0 Å². The number of hydrogen-bond acceptors (Lipinski definition) is 5. The van der Waals surface area contributed by atoms with Crippen LogP contribution in [0.25, 0.3) is 0 Å². The van der Waals surface area contributed by atoms with E-state index in [-0.39, 0.29) is 17.9 Å². The van der Waals surface area contributed by atoms with Crippen LogP contribution in [-0.2, 0) is 23.7 Å². The summed E-state index contributed by atoms with van der Waals surface area (Å²) < 4.78 is 1.81. The average molecular weight is 284 g/mol. The highest BCUT2D eigenvalue weighted by Crippen LogP contribution is 2.12. The van der Waals surface area contributed by atoms with Crippen molar-refractivity contribution in [2.24, 2.45) is 20.0 Å².